The van der Waals surface area contributed by atoms with E-state index in [4.69, 9.17) is 5.11 Å². The van der Waals surface area contributed by atoms with Gasteiger partial charge in [-0.15, -0.1) is 0 Å². The van der Waals surface area contributed by atoms with E-state index in [1.54, 1.807) is 14.0 Å². The summed E-state index contributed by atoms with van der Waals surface area (Å²) in [5.74, 6) is 0. The summed E-state index contributed by atoms with van der Waals surface area (Å²) in [6, 6.07) is 0.148. The fraction of sp³-hybridized carbons (Fsp3) is 0.727. The van der Waals surface area contributed by atoms with Crippen molar-refractivity contribution < 1.29 is 9.90 Å². The molecule has 2 amide bonds. The number of carbonyl (C=O) groups excluding carboxylic acids is 1. The molecule has 0 aromatic rings. The van der Waals surface area contributed by atoms with Crippen LogP contribution in [0.5, 0.6) is 0 Å². The van der Waals surface area contributed by atoms with E-state index >= 15 is 0 Å². The first kappa shape index (κ1) is 12.0. The summed E-state index contributed by atoms with van der Waals surface area (Å²) in [4.78, 5) is 13.1. The molecule has 0 saturated carbocycles. The molecule has 0 bridgehead atoms. The molecule has 2 N–H and O–H groups in total. The highest BCUT2D eigenvalue weighted by Crippen LogP contribution is 2.10. The molecule has 0 radical (unpaired) electrons. The molecule has 0 heterocycles. The number of allylic oxidation sites excluding steroid dienone is 1. The van der Waals surface area contributed by atoms with Crippen LogP contribution in [0.15, 0.2) is 12.2 Å². The van der Waals surface area contributed by atoms with Gasteiger partial charge >= 0.3 is 6.03 Å². The van der Waals surface area contributed by atoms with E-state index < -0.39 is 6.10 Å². The van der Waals surface area contributed by atoms with Crippen molar-refractivity contribution in [2.75, 3.05) is 13.6 Å². The maximum Gasteiger partial charge on any atom is 0.317 e. The molecule has 86 valence electrons. The van der Waals surface area contributed by atoms with Crippen LogP contribution in [-0.4, -0.2) is 41.8 Å². The first-order valence-corrected chi connectivity index (χ1v) is 5.44. The topological polar surface area (TPSA) is 52.6 Å². The lowest BCUT2D eigenvalue weighted by atomic mass is 10.0. The SMILES string of the molecule is CC(O)CN(C)C(=O)NC1CC=CCC1. The van der Waals surface area contributed by atoms with Gasteiger partial charge in [-0.1, -0.05) is 12.2 Å². The van der Waals surface area contributed by atoms with Crippen molar-refractivity contribution in [2.24, 2.45) is 0 Å². The van der Waals surface area contributed by atoms with Crippen molar-refractivity contribution in [3.05, 3.63) is 12.2 Å². The summed E-state index contributed by atoms with van der Waals surface area (Å²) in [7, 11) is 1.70. The Bertz CT molecular complexity index is 239. The molecule has 1 rings (SSSR count). The van der Waals surface area contributed by atoms with E-state index in [-0.39, 0.29) is 12.1 Å². The van der Waals surface area contributed by atoms with Crippen LogP contribution in [0.4, 0.5) is 4.79 Å². The molecule has 0 aliphatic heterocycles. The van der Waals surface area contributed by atoms with E-state index in [0.29, 0.717) is 6.54 Å². The third-order valence-corrected chi connectivity index (χ3v) is 2.48. The summed E-state index contributed by atoms with van der Waals surface area (Å²) >= 11 is 0. The second kappa shape index (κ2) is 5.75. The van der Waals surface area contributed by atoms with Gasteiger partial charge in [-0.2, -0.15) is 0 Å². The van der Waals surface area contributed by atoms with Gasteiger partial charge in [0.25, 0.3) is 0 Å². The van der Waals surface area contributed by atoms with Gasteiger partial charge in [0, 0.05) is 19.6 Å². The molecule has 2 atom stereocenters. The summed E-state index contributed by atoms with van der Waals surface area (Å²) in [6.07, 6.45) is 6.71. The van der Waals surface area contributed by atoms with Gasteiger partial charge in [0.2, 0.25) is 0 Å². The van der Waals surface area contributed by atoms with E-state index in [2.05, 4.69) is 17.5 Å². The molecule has 0 saturated heterocycles. The fourth-order valence-electron chi connectivity index (χ4n) is 1.69. The Labute approximate surface area is 91.0 Å². The van der Waals surface area contributed by atoms with Crippen LogP contribution in [-0.2, 0) is 0 Å². The highest BCUT2D eigenvalue weighted by molar-refractivity contribution is 5.74. The number of hydrogen-bond donors (Lipinski definition) is 2. The second-order valence-electron chi connectivity index (χ2n) is 4.16. The minimum absolute atomic E-state index is 0.101. The molecule has 1 aliphatic rings. The van der Waals surface area contributed by atoms with Gasteiger partial charge < -0.3 is 15.3 Å². The minimum atomic E-state index is -0.480. The number of amides is 2. The minimum Gasteiger partial charge on any atom is -0.392 e. The lowest BCUT2D eigenvalue weighted by molar-refractivity contribution is 0.142. The van der Waals surface area contributed by atoms with E-state index in [1.807, 2.05) is 0 Å². The number of aliphatic hydroxyl groups excluding tert-OH is 1. The van der Waals surface area contributed by atoms with Crippen LogP contribution in [0.1, 0.15) is 26.2 Å². The van der Waals surface area contributed by atoms with Crippen molar-refractivity contribution in [3.8, 4) is 0 Å². The van der Waals surface area contributed by atoms with Gasteiger partial charge in [-0.3, -0.25) is 0 Å². The molecule has 4 nitrogen and oxygen atoms in total. The van der Waals surface area contributed by atoms with Gasteiger partial charge in [-0.05, 0) is 26.2 Å². The van der Waals surface area contributed by atoms with Crippen LogP contribution in [0.25, 0.3) is 0 Å². The molecule has 0 aromatic carbocycles. The standard InChI is InChI=1S/C11H20N2O2/c1-9(14)8-13(2)11(15)12-10-6-4-3-5-7-10/h3-4,9-10,14H,5-8H2,1-2H3,(H,12,15). The Hall–Kier alpha value is -1.03. The maximum atomic E-state index is 11.6. The number of nitrogens with one attached hydrogen (secondary N) is 1. The van der Waals surface area contributed by atoms with Crippen LogP contribution in [0, 0.1) is 0 Å². The van der Waals surface area contributed by atoms with E-state index in [9.17, 15) is 4.79 Å². The van der Waals surface area contributed by atoms with Crippen molar-refractivity contribution in [1.82, 2.24) is 10.2 Å². The molecule has 0 aromatic heterocycles. The molecule has 0 fully saturated rings. The van der Waals surface area contributed by atoms with Gasteiger partial charge in [-0.25, -0.2) is 4.79 Å². The zero-order valence-corrected chi connectivity index (χ0v) is 9.44. The maximum absolute atomic E-state index is 11.6. The van der Waals surface area contributed by atoms with Crippen LogP contribution in [0.2, 0.25) is 0 Å². The van der Waals surface area contributed by atoms with Crippen molar-refractivity contribution in [1.29, 1.82) is 0 Å². The molecule has 1 aliphatic carbocycles. The van der Waals surface area contributed by atoms with Gasteiger partial charge in [0.15, 0.2) is 0 Å². The number of nitrogens with zero attached hydrogens (tertiary/aromatic N) is 1. The zero-order chi connectivity index (χ0) is 11.3. The monoisotopic (exact) mass is 212 g/mol. The summed E-state index contributed by atoms with van der Waals surface area (Å²) < 4.78 is 0. The number of carbonyl (C=O) groups is 1. The third kappa shape index (κ3) is 4.34. The number of rotatable bonds is 3. The van der Waals surface area contributed by atoms with E-state index in [0.717, 1.165) is 19.3 Å². The molecule has 15 heavy (non-hydrogen) atoms. The number of urea groups is 1. The first-order chi connectivity index (χ1) is 7.09. The van der Waals surface area contributed by atoms with Crippen LogP contribution < -0.4 is 5.32 Å². The summed E-state index contributed by atoms with van der Waals surface area (Å²) in [5, 5.41) is 12.1. The Kier molecular flexibility index (Phi) is 4.62. The van der Waals surface area contributed by atoms with Crippen LogP contribution >= 0.6 is 0 Å². The molecular formula is C11H20N2O2. The zero-order valence-electron chi connectivity index (χ0n) is 9.44. The van der Waals surface area contributed by atoms with Crippen molar-refractivity contribution in [3.63, 3.8) is 0 Å². The highest BCUT2D eigenvalue weighted by atomic mass is 16.3. The summed E-state index contributed by atoms with van der Waals surface area (Å²) in [6.45, 7) is 2.04. The highest BCUT2D eigenvalue weighted by Gasteiger charge is 2.16. The lowest BCUT2D eigenvalue weighted by Gasteiger charge is -2.24. The largest absolute Gasteiger partial charge is 0.392 e. The lowest BCUT2D eigenvalue weighted by Crippen LogP contribution is -2.45. The smallest absolute Gasteiger partial charge is 0.317 e. The van der Waals surface area contributed by atoms with Crippen LogP contribution in [0.3, 0.4) is 0 Å². The fourth-order valence-corrected chi connectivity index (χ4v) is 1.69. The third-order valence-electron chi connectivity index (χ3n) is 2.48. The van der Waals surface area contributed by atoms with Crippen molar-refractivity contribution >= 4 is 6.03 Å². The average Bonchev–Trinajstić information content (AvgIpc) is 2.18. The Morgan fingerprint density at radius 1 is 1.67 bits per heavy atom. The quantitative estimate of drug-likeness (QED) is 0.689. The normalized spacial score (nSPS) is 22.2. The Morgan fingerprint density at radius 3 is 2.93 bits per heavy atom. The van der Waals surface area contributed by atoms with Gasteiger partial charge in [0.1, 0.15) is 0 Å². The second-order valence-corrected chi connectivity index (χ2v) is 4.16. The summed E-state index contributed by atoms with van der Waals surface area (Å²) in [5.41, 5.74) is 0. The average molecular weight is 212 g/mol. The van der Waals surface area contributed by atoms with E-state index in [1.165, 1.54) is 4.90 Å². The number of aliphatic hydroxyl groups is 1. The number of hydrogen-bond acceptors (Lipinski definition) is 2. The van der Waals surface area contributed by atoms with Crippen molar-refractivity contribution in [2.45, 2.75) is 38.3 Å². The molecule has 0 spiro atoms. The molecule has 2 unspecified atom stereocenters. The first-order valence-electron chi connectivity index (χ1n) is 5.44. The van der Waals surface area contributed by atoms with Gasteiger partial charge in [0.05, 0.1) is 6.10 Å². The number of likely N-dealkylation sites (N-methyl/N-ethyl adjacent to an activating group) is 1. The predicted octanol–water partition coefficient (Wildman–Crippen LogP) is 1.12. The predicted molar refractivity (Wildman–Crippen MR) is 59.6 cm³/mol. The Morgan fingerprint density at radius 2 is 2.40 bits per heavy atom. The molecule has 4 heteroatoms. The molecular weight excluding hydrogens is 192 g/mol. The Balaban J connectivity index is 2.30.